The Labute approximate surface area is 165 Å². The molecule has 0 fully saturated rings. The number of rotatable bonds is 6. The minimum atomic E-state index is -0.0699. The van der Waals surface area contributed by atoms with Gasteiger partial charge in [-0.25, -0.2) is 0 Å². The van der Waals surface area contributed by atoms with E-state index in [1.807, 2.05) is 24.5 Å². The number of nitrogens with zero attached hydrogens (tertiary/aromatic N) is 2. The summed E-state index contributed by atoms with van der Waals surface area (Å²) < 4.78 is 5.92. The van der Waals surface area contributed by atoms with E-state index in [1.54, 1.807) is 12.4 Å². The van der Waals surface area contributed by atoms with Crippen LogP contribution in [0.1, 0.15) is 11.1 Å². The van der Waals surface area contributed by atoms with Gasteiger partial charge < -0.3 is 10.5 Å². The fourth-order valence-electron chi connectivity index (χ4n) is 3.21. The van der Waals surface area contributed by atoms with Gasteiger partial charge in [0, 0.05) is 35.6 Å². The zero-order valence-electron chi connectivity index (χ0n) is 15.9. The number of fused-ring (bicyclic) bond motifs is 1. The number of aromatic nitrogens is 2. The minimum Gasteiger partial charge on any atom is -0.490 e. The highest BCUT2D eigenvalue weighted by Crippen LogP contribution is 2.26. The van der Waals surface area contributed by atoms with E-state index >= 15 is 0 Å². The predicted octanol–water partition coefficient (Wildman–Crippen LogP) is 4.55. The monoisotopic (exact) mass is 369 g/mol. The average molecular weight is 369 g/mol. The van der Waals surface area contributed by atoms with E-state index in [0.717, 1.165) is 34.1 Å². The normalized spacial score (nSPS) is 12.1. The summed E-state index contributed by atoms with van der Waals surface area (Å²) in [5, 5.41) is 2.27. The number of ether oxygens (including phenoxy) is 1. The fraction of sp³-hybridized carbons (Fsp3) is 0.167. The molecule has 2 aromatic heterocycles. The van der Waals surface area contributed by atoms with Crippen LogP contribution in [0.25, 0.3) is 21.9 Å². The summed E-state index contributed by atoms with van der Waals surface area (Å²) in [4.78, 5) is 8.49. The molecule has 140 valence electrons. The standard InChI is InChI=1S/C24H23N3O/c1-17-2-4-18(5-3-17)10-23(25)16-28-24-12-22(14-27-15-24)19-6-7-21-13-26-9-8-20(21)11-19/h2-9,11-15,23H,10,16,25H2,1H3/t23-/m0/s1. The molecular weight excluding hydrogens is 346 g/mol. The summed E-state index contributed by atoms with van der Waals surface area (Å²) in [7, 11) is 0. The van der Waals surface area contributed by atoms with Crippen LogP contribution < -0.4 is 10.5 Å². The molecule has 28 heavy (non-hydrogen) atoms. The van der Waals surface area contributed by atoms with Crippen molar-refractivity contribution in [2.45, 2.75) is 19.4 Å². The first-order chi connectivity index (χ1) is 13.7. The number of nitrogens with two attached hydrogens (primary N) is 1. The summed E-state index contributed by atoms with van der Waals surface area (Å²) in [5.74, 6) is 0.728. The fourth-order valence-corrected chi connectivity index (χ4v) is 3.21. The van der Waals surface area contributed by atoms with Crippen molar-refractivity contribution >= 4 is 10.8 Å². The van der Waals surface area contributed by atoms with E-state index in [-0.39, 0.29) is 6.04 Å². The summed E-state index contributed by atoms with van der Waals surface area (Å²) in [6, 6.07) is 18.7. The smallest absolute Gasteiger partial charge is 0.138 e. The molecule has 0 radical (unpaired) electrons. The van der Waals surface area contributed by atoms with Crippen molar-refractivity contribution in [2.75, 3.05) is 6.61 Å². The third-order valence-electron chi connectivity index (χ3n) is 4.77. The second-order valence-corrected chi connectivity index (χ2v) is 7.11. The van der Waals surface area contributed by atoms with Gasteiger partial charge in [-0.3, -0.25) is 9.97 Å². The maximum absolute atomic E-state index is 6.25. The van der Waals surface area contributed by atoms with Crippen molar-refractivity contribution in [3.05, 3.63) is 90.5 Å². The van der Waals surface area contributed by atoms with Gasteiger partial charge in [0.15, 0.2) is 0 Å². The Morgan fingerprint density at radius 2 is 1.71 bits per heavy atom. The Morgan fingerprint density at radius 3 is 2.57 bits per heavy atom. The number of pyridine rings is 2. The second-order valence-electron chi connectivity index (χ2n) is 7.11. The lowest BCUT2D eigenvalue weighted by atomic mass is 10.0. The lowest BCUT2D eigenvalue weighted by Gasteiger charge is -2.14. The summed E-state index contributed by atoms with van der Waals surface area (Å²) >= 11 is 0. The topological polar surface area (TPSA) is 61.0 Å². The SMILES string of the molecule is Cc1ccc(C[C@H](N)COc2cncc(-c3ccc4cnccc4c3)c2)cc1. The van der Waals surface area contributed by atoms with Crippen molar-refractivity contribution in [3.63, 3.8) is 0 Å². The van der Waals surface area contributed by atoms with E-state index in [1.165, 1.54) is 11.1 Å². The van der Waals surface area contributed by atoms with Crippen LogP contribution in [-0.4, -0.2) is 22.6 Å². The largest absolute Gasteiger partial charge is 0.490 e. The average Bonchev–Trinajstić information content (AvgIpc) is 2.74. The minimum absolute atomic E-state index is 0.0699. The molecule has 0 saturated heterocycles. The van der Waals surface area contributed by atoms with Crippen LogP contribution in [0.2, 0.25) is 0 Å². The van der Waals surface area contributed by atoms with Crippen molar-refractivity contribution in [1.29, 1.82) is 0 Å². The molecule has 2 heterocycles. The van der Waals surface area contributed by atoms with Gasteiger partial charge in [0.25, 0.3) is 0 Å². The molecule has 0 spiro atoms. The zero-order chi connectivity index (χ0) is 19.3. The van der Waals surface area contributed by atoms with E-state index in [9.17, 15) is 0 Å². The van der Waals surface area contributed by atoms with Gasteiger partial charge in [0.05, 0.1) is 6.20 Å². The molecule has 2 aromatic carbocycles. The quantitative estimate of drug-likeness (QED) is 0.541. The Morgan fingerprint density at radius 1 is 0.857 bits per heavy atom. The van der Waals surface area contributed by atoms with Gasteiger partial charge in [-0.1, -0.05) is 42.0 Å². The number of hydrogen-bond donors (Lipinski definition) is 1. The maximum atomic E-state index is 6.25. The van der Waals surface area contributed by atoms with Crippen LogP contribution in [0.3, 0.4) is 0 Å². The zero-order valence-corrected chi connectivity index (χ0v) is 15.9. The molecule has 0 aliphatic carbocycles. The molecule has 0 aliphatic heterocycles. The highest BCUT2D eigenvalue weighted by atomic mass is 16.5. The molecule has 1 atom stereocenters. The van der Waals surface area contributed by atoms with Crippen LogP contribution in [0.15, 0.2) is 79.4 Å². The van der Waals surface area contributed by atoms with Crippen LogP contribution in [-0.2, 0) is 6.42 Å². The van der Waals surface area contributed by atoms with Crippen molar-refractivity contribution in [3.8, 4) is 16.9 Å². The van der Waals surface area contributed by atoms with Crippen LogP contribution in [0, 0.1) is 6.92 Å². The first-order valence-electron chi connectivity index (χ1n) is 9.40. The van der Waals surface area contributed by atoms with Gasteiger partial charge >= 0.3 is 0 Å². The van der Waals surface area contributed by atoms with Crippen molar-refractivity contribution < 1.29 is 4.74 Å². The summed E-state index contributed by atoms with van der Waals surface area (Å²) in [6.07, 6.45) is 8.03. The van der Waals surface area contributed by atoms with Gasteiger partial charge in [0.2, 0.25) is 0 Å². The first kappa shape index (κ1) is 18.1. The van der Waals surface area contributed by atoms with E-state index in [4.69, 9.17) is 10.5 Å². The van der Waals surface area contributed by atoms with Crippen LogP contribution in [0.4, 0.5) is 0 Å². The lowest BCUT2D eigenvalue weighted by Crippen LogP contribution is -2.30. The van der Waals surface area contributed by atoms with Crippen molar-refractivity contribution in [1.82, 2.24) is 9.97 Å². The Kier molecular flexibility index (Phi) is 5.31. The second kappa shape index (κ2) is 8.19. The van der Waals surface area contributed by atoms with Crippen LogP contribution in [0.5, 0.6) is 5.75 Å². The third-order valence-corrected chi connectivity index (χ3v) is 4.77. The molecule has 0 aliphatic rings. The third kappa shape index (κ3) is 4.35. The highest BCUT2D eigenvalue weighted by Gasteiger charge is 2.07. The molecule has 4 nitrogen and oxygen atoms in total. The predicted molar refractivity (Wildman–Crippen MR) is 113 cm³/mol. The van der Waals surface area contributed by atoms with E-state index in [0.29, 0.717) is 6.61 Å². The maximum Gasteiger partial charge on any atom is 0.138 e. The number of hydrogen-bond acceptors (Lipinski definition) is 4. The molecule has 4 aromatic rings. The van der Waals surface area contributed by atoms with Gasteiger partial charge in [-0.15, -0.1) is 0 Å². The Hall–Kier alpha value is -3.24. The Balaban J connectivity index is 1.43. The molecule has 4 heteroatoms. The molecule has 0 amide bonds. The molecule has 0 bridgehead atoms. The molecule has 4 rings (SSSR count). The highest BCUT2D eigenvalue weighted by molar-refractivity contribution is 5.86. The molecular formula is C24H23N3O. The lowest BCUT2D eigenvalue weighted by molar-refractivity contribution is 0.286. The van der Waals surface area contributed by atoms with Crippen LogP contribution >= 0.6 is 0 Å². The molecule has 0 unspecified atom stereocenters. The van der Waals surface area contributed by atoms with E-state index < -0.39 is 0 Å². The number of benzene rings is 2. The van der Waals surface area contributed by atoms with E-state index in [2.05, 4.69) is 59.4 Å². The Bertz CT molecular complexity index is 1080. The summed E-state index contributed by atoms with van der Waals surface area (Å²) in [5.41, 5.74) is 10.8. The van der Waals surface area contributed by atoms with Gasteiger partial charge in [-0.2, -0.15) is 0 Å². The number of aryl methyl sites for hydroxylation is 1. The van der Waals surface area contributed by atoms with Gasteiger partial charge in [-0.05, 0) is 48.1 Å². The van der Waals surface area contributed by atoms with Gasteiger partial charge in [0.1, 0.15) is 12.4 Å². The summed E-state index contributed by atoms with van der Waals surface area (Å²) in [6.45, 7) is 2.53. The van der Waals surface area contributed by atoms with Crippen molar-refractivity contribution in [2.24, 2.45) is 5.73 Å². The first-order valence-corrected chi connectivity index (χ1v) is 9.40. The molecule has 2 N–H and O–H groups in total. The molecule has 0 saturated carbocycles.